The lowest BCUT2D eigenvalue weighted by atomic mass is 10.4. The summed E-state index contributed by atoms with van der Waals surface area (Å²) in [6, 6.07) is 2.03. The highest BCUT2D eigenvalue weighted by Crippen LogP contribution is 2.14. The molecule has 0 aromatic carbocycles. The van der Waals surface area contributed by atoms with Gasteiger partial charge in [-0.25, -0.2) is 0 Å². The van der Waals surface area contributed by atoms with Gasteiger partial charge in [0.1, 0.15) is 0 Å². The van der Waals surface area contributed by atoms with Gasteiger partial charge in [-0.05, 0) is 28.3 Å². The van der Waals surface area contributed by atoms with Gasteiger partial charge < -0.3 is 5.32 Å². The Kier molecular flexibility index (Phi) is 4.59. The Balaban J connectivity index is 2.45. The molecule has 0 aliphatic rings. The van der Waals surface area contributed by atoms with E-state index in [1.165, 1.54) is 0 Å². The lowest BCUT2D eigenvalue weighted by molar-refractivity contribution is 1.00. The van der Waals surface area contributed by atoms with E-state index >= 15 is 0 Å². The third kappa shape index (κ3) is 4.00. The average Bonchev–Trinajstić information content (AvgIpc) is 2.14. The van der Waals surface area contributed by atoms with Gasteiger partial charge in [0.2, 0.25) is 0 Å². The van der Waals surface area contributed by atoms with Crippen molar-refractivity contribution in [1.82, 2.24) is 4.98 Å². The molecule has 13 heavy (non-hydrogen) atoms. The lowest BCUT2D eigenvalue weighted by Gasteiger charge is -2.10. The second-order valence-corrected chi connectivity index (χ2v) is 5.01. The summed E-state index contributed by atoms with van der Waals surface area (Å²) in [5, 5.41) is 3.95. The van der Waals surface area contributed by atoms with Crippen molar-refractivity contribution < 1.29 is 0 Å². The van der Waals surface area contributed by atoms with Crippen molar-refractivity contribution in [2.45, 2.75) is 12.2 Å². The standard InChI is InChI=1S/C9H13BrN2S/c1-7(13-2)4-12-9-3-8(10)5-11-6-9/h3,5-7,12H,4H2,1-2H3. The minimum atomic E-state index is 0.624. The summed E-state index contributed by atoms with van der Waals surface area (Å²) in [4.78, 5) is 4.07. The summed E-state index contributed by atoms with van der Waals surface area (Å²) in [7, 11) is 0. The zero-order chi connectivity index (χ0) is 9.68. The molecule has 1 heterocycles. The molecule has 72 valence electrons. The normalized spacial score (nSPS) is 12.5. The summed E-state index contributed by atoms with van der Waals surface area (Å²) in [6.07, 6.45) is 5.73. The second kappa shape index (κ2) is 5.50. The van der Waals surface area contributed by atoms with E-state index < -0.39 is 0 Å². The van der Waals surface area contributed by atoms with Crippen LogP contribution < -0.4 is 5.32 Å². The summed E-state index contributed by atoms with van der Waals surface area (Å²) in [5.74, 6) is 0. The van der Waals surface area contributed by atoms with Crippen LogP contribution in [0.2, 0.25) is 0 Å². The SMILES string of the molecule is CSC(C)CNc1cncc(Br)c1. The first-order valence-electron chi connectivity index (χ1n) is 4.09. The largest absolute Gasteiger partial charge is 0.383 e. The van der Waals surface area contributed by atoms with Crippen LogP contribution in [0.4, 0.5) is 5.69 Å². The highest BCUT2D eigenvalue weighted by molar-refractivity contribution is 9.10. The fraction of sp³-hybridized carbons (Fsp3) is 0.444. The maximum Gasteiger partial charge on any atom is 0.0538 e. The number of hydrogen-bond acceptors (Lipinski definition) is 3. The number of nitrogens with one attached hydrogen (secondary N) is 1. The van der Waals surface area contributed by atoms with Crippen molar-refractivity contribution in [3.63, 3.8) is 0 Å². The Morgan fingerprint density at radius 2 is 2.38 bits per heavy atom. The second-order valence-electron chi connectivity index (χ2n) is 2.82. The van der Waals surface area contributed by atoms with E-state index in [2.05, 4.69) is 39.4 Å². The third-order valence-corrected chi connectivity index (χ3v) is 3.11. The van der Waals surface area contributed by atoms with Crippen molar-refractivity contribution in [1.29, 1.82) is 0 Å². The third-order valence-electron chi connectivity index (χ3n) is 1.70. The minimum absolute atomic E-state index is 0.624. The number of hydrogen-bond donors (Lipinski definition) is 1. The zero-order valence-electron chi connectivity index (χ0n) is 7.75. The number of thioether (sulfide) groups is 1. The van der Waals surface area contributed by atoms with Crippen LogP contribution in [0.1, 0.15) is 6.92 Å². The number of halogens is 1. The van der Waals surface area contributed by atoms with Gasteiger partial charge in [0.05, 0.1) is 11.9 Å². The molecule has 1 unspecified atom stereocenters. The Hall–Kier alpha value is -0.220. The Labute approximate surface area is 91.7 Å². The molecule has 1 atom stereocenters. The van der Waals surface area contributed by atoms with Gasteiger partial charge in [-0.15, -0.1) is 0 Å². The minimum Gasteiger partial charge on any atom is -0.383 e. The molecule has 0 fully saturated rings. The summed E-state index contributed by atoms with van der Waals surface area (Å²) in [5.41, 5.74) is 1.07. The number of aromatic nitrogens is 1. The fourth-order valence-electron chi connectivity index (χ4n) is 0.853. The first-order valence-corrected chi connectivity index (χ1v) is 6.17. The van der Waals surface area contributed by atoms with Gasteiger partial charge in [-0.2, -0.15) is 11.8 Å². The molecule has 0 bridgehead atoms. The quantitative estimate of drug-likeness (QED) is 0.901. The summed E-state index contributed by atoms with van der Waals surface area (Å²) < 4.78 is 1.01. The van der Waals surface area contributed by atoms with E-state index in [9.17, 15) is 0 Å². The summed E-state index contributed by atoms with van der Waals surface area (Å²) >= 11 is 5.23. The zero-order valence-corrected chi connectivity index (χ0v) is 10.2. The molecule has 1 N–H and O–H groups in total. The Morgan fingerprint density at radius 3 is 3.00 bits per heavy atom. The molecule has 0 aliphatic carbocycles. The highest BCUT2D eigenvalue weighted by atomic mass is 79.9. The van der Waals surface area contributed by atoms with Gasteiger partial charge in [0, 0.05) is 22.5 Å². The Bertz CT molecular complexity index is 268. The van der Waals surface area contributed by atoms with Crippen LogP contribution in [-0.2, 0) is 0 Å². The van der Waals surface area contributed by atoms with Crippen LogP contribution in [0.5, 0.6) is 0 Å². The number of nitrogens with zero attached hydrogens (tertiary/aromatic N) is 1. The van der Waals surface area contributed by atoms with Crippen molar-refractivity contribution in [3.05, 3.63) is 22.9 Å². The molecule has 0 saturated carbocycles. The van der Waals surface area contributed by atoms with E-state index in [1.807, 2.05) is 24.0 Å². The smallest absolute Gasteiger partial charge is 0.0538 e. The predicted octanol–water partition coefficient (Wildman–Crippen LogP) is 3.01. The first kappa shape index (κ1) is 10.9. The van der Waals surface area contributed by atoms with Crippen LogP contribution in [0.15, 0.2) is 22.9 Å². The van der Waals surface area contributed by atoms with Crippen LogP contribution in [0.3, 0.4) is 0 Å². The molecule has 0 amide bonds. The molecule has 0 radical (unpaired) electrons. The number of anilines is 1. The van der Waals surface area contributed by atoms with Crippen LogP contribution in [0, 0.1) is 0 Å². The topological polar surface area (TPSA) is 24.9 Å². The van der Waals surface area contributed by atoms with Crippen molar-refractivity contribution in [2.75, 3.05) is 18.1 Å². The molecule has 2 nitrogen and oxygen atoms in total. The van der Waals surface area contributed by atoms with Gasteiger partial charge in [-0.3, -0.25) is 4.98 Å². The van der Waals surface area contributed by atoms with Gasteiger partial charge in [0.25, 0.3) is 0 Å². The number of rotatable bonds is 4. The molecular weight excluding hydrogens is 248 g/mol. The predicted molar refractivity (Wildman–Crippen MR) is 63.4 cm³/mol. The fourth-order valence-corrected chi connectivity index (χ4v) is 1.47. The maximum absolute atomic E-state index is 4.07. The van der Waals surface area contributed by atoms with Crippen LogP contribution >= 0.6 is 27.7 Å². The molecule has 0 spiro atoms. The maximum atomic E-state index is 4.07. The van der Waals surface area contributed by atoms with Crippen molar-refractivity contribution in [2.24, 2.45) is 0 Å². The van der Waals surface area contributed by atoms with E-state index in [-0.39, 0.29) is 0 Å². The van der Waals surface area contributed by atoms with E-state index in [0.29, 0.717) is 5.25 Å². The van der Waals surface area contributed by atoms with Gasteiger partial charge in [0.15, 0.2) is 0 Å². The first-order chi connectivity index (χ1) is 6.22. The van der Waals surface area contributed by atoms with Gasteiger partial charge in [-0.1, -0.05) is 6.92 Å². The van der Waals surface area contributed by atoms with E-state index in [4.69, 9.17) is 0 Å². The number of pyridine rings is 1. The molecule has 1 rings (SSSR count). The Morgan fingerprint density at radius 1 is 1.62 bits per heavy atom. The monoisotopic (exact) mass is 260 g/mol. The molecular formula is C9H13BrN2S. The molecule has 0 saturated heterocycles. The van der Waals surface area contributed by atoms with Crippen LogP contribution in [-0.4, -0.2) is 23.0 Å². The van der Waals surface area contributed by atoms with E-state index in [1.54, 1.807) is 6.20 Å². The highest BCUT2D eigenvalue weighted by Gasteiger charge is 1.99. The van der Waals surface area contributed by atoms with E-state index in [0.717, 1.165) is 16.7 Å². The molecule has 4 heteroatoms. The van der Waals surface area contributed by atoms with Crippen LogP contribution in [0.25, 0.3) is 0 Å². The summed E-state index contributed by atoms with van der Waals surface area (Å²) in [6.45, 7) is 3.17. The van der Waals surface area contributed by atoms with Crippen molar-refractivity contribution >= 4 is 33.4 Å². The van der Waals surface area contributed by atoms with Gasteiger partial charge >= 0.3 is 0 Å². The molecule has 1 aromatic rings. The average molecular weight is 261 g/mol. The molecule has 1 aromatic heterocycles. The lowest BCUT2D eigenvalue weighted by Crippen LogP contribution is -2.12. The molecule has 0 aliphatic heterocycles. The van der Waals surface area contributed by atoms with Crippen molar-refractivity contribution in [3.8, 4) is 0 Å².